The minimum Gasteiger partial charge on any atom is -0.273 e. The van der Waals surface area contributed by atoms with E-state index in [2.05, 4.69) is 21.4 Å². The summed E-state index contributed by atoms with van der Waals surface area (Å²) in [5.41, 5.74) is 2.74. The minimum atomic E-state index is -0.341. The lowest BCUT2D eigenvalue weighted by atomic mass is 10.2. The van der Waals surface area contributed by atoms with Crippen LogP contribution in [0.1, 0.15) is 24.2 Å². The van der Waals surface area contributed by atoms with E-state index in [1.54, 1.807) is 18.2 Å². The van der Waals surface area contributed by atoms with Gasteiger partial charge in [0.1, 0.15) is 0 Å². The maximum Gasteiger partial charge on any atom is 0.276 e. The number of hydroxylamine groups is 1. The molecular formula is C11H13BrClNO2. The van der Waals surface area contributed by atoms with Crippen molar-refractivity contribution in [2.45, 2.75) is 13.8 Å². The van der Waals surface area contributed by atoms with Gasteiger partial charge in [0.2, 0.25) is 0 Å². The van der Waals surface area contributed by atoms with Crippen LogP contribution in [0, 0.1) is 5.92 Å². The second kappa shape index (κ2) is 6.23. The first kappa shape index (κ1) is 13.5. The zero-order valence-electron chi connectivity index (χ0n) is 9.09. The van der Waals surface area contributed by atoms with Gasteiger partial charge in [0.15, 0.2) is 0 Å². The molecule has 88 valence electrons. The van der Waals surface area contributed by atoms with E-state index in [1.807, 2.05) is 13.8 Å². The summed E-state index contributed by atoms with van der Waals surface area (Å²) in [5.74, 6) is 0.0187. The van der Waals surface area contributed by atoms with Crippen LogP contribution in [0.25, 0.3) is 0 Å². The van der Waals surface area contributed by atoms with Crippen molar-refractivity contribution >= 4 is 33.4 Å². The average molecular weight is 307 g/mol. The molecule has 0 spiro atoms. The monoisotopic (exact) mass is 305 g/mol. The molecule has 0 atom stereocenters. The standard InChI is InChI=1S/C11H13BrClNO2/c1-7(2)6-16-14-11(15)9-5-8(12)3-4-10(9)13/h3-5,7H,6H2,1-2H3,(H,14,15). The van der Waals surface area contributed by atoms with Crippen LogP contribution in [-0.2, 0) is 4.84 Å². The van der Waals surface area contributed by atoms with Crippen molar-refractivity contribution in [3.63, 3.8) is 0 Å². The summed E-state index contributed by atoms with van der Waals surface area (Å²) in [7, 11) is 0. The summed E-state index contributed by atoms with van der Waals surface area (Å²) in [6.45, 7) is 4.47. The van der Waals surface area contributed by atoms with E-state index in [-0.39, 0.29) is 5.91 Å². The van der Waals surface area contributed by atoms with Crippen molar-refractivity contribution in [2.24, 2.45) is 5.92 Å². The molecule has 0 aromatic heterocycles. The molecule has 0 radical (unpaired) electrons. The van der Waals surface area contributed by atoms with Crippen molar-refractivity contribution in [3.05, 3.63) is 33.3 Å². The first-order valence-electron chi connectivity index (χ1n) is 4.88. The van der Waals surface area contributed by atoms with E-state index in [9.17, 15) is 4.79 Å². The normalized spacial score (nSPS) is 10.6. The molecule has 0 unspecified atom stereocenters. The Morgan fingerprint density at radius 3 is 2.88 bits per heavy atom. The highest BCUT2D eigenvalue weighted by atomic mass is 79.9. The van der Waals surface area contributed by atoms with Gasteiger partial charge < -0.3 is 0 Å². The number of carbonyl (C=O) groups is 1. The molecule has 1 amide bonds. The predicted molar refractivity (Wildman–Crippen MR) is 67.4 cm³/mol. The van der Waals surface area contributed by atoms with E-state index in [4.69, 9.17) is 16.4 Å². The quantitative estimate of drug-likeness (QED) is 0.866. The fourth-order valence-corrected chi connectivity index (χ4v) is 1.56. The molecule has 1 aromatic carbocycles. The summed E-state index contributed by atoms with van der Waals surface area (Å²) in [6, 6.07) is 5.08. The Morgan fingerprint density at radius 1 is 1.56 bits per heavy atom. The van der Waals surface area contributed by atoms with Crippen molar-refractivity contribution < 1.29 is 9.63 Å². The van der Waals surface area contributed by atoms with Crippen LogP contribution < -0.4 is 5.48 Å². The number of benzene rings is 1. The maximum absolute atomic E-state index is 11.7. The molecule has 3 nitrogen and oxygen atoms in total. The number of carbonyl (C=O) groups excluding carboxylic acids is 1. The number of nitrogens with one attached hydrogen (secondary N) is 1. The van der Waals surface area contributed by atoms with Gasteiger partial charge in [0, 0.05) is 4.47 Å². The summed E-state index contributed by atoms with van der Waals surface area (Å²) < 4.78 is 0.797. The third-order valence-corrected chi connectivity index (χ3v) is 2.58. The lowest BCUT2D eigenvalue weighted by Gasteiger charge is -2.08. The summed E-state index contributed by atoms with van der Waals surface area (Å²) in [4.78, 5) is 16.7. The second-order valence-corrected chi connectivity index (χ2v) is 5.08. The lowest BCUT2D eigenvalue weighted by molar-refractivity contribution is 0.0209. The molecule has 0 bridgehead atoms. The second-order valence-electron chi connectivity index (χ2n) is 3.76. The van der Waals surface area contributed by atoms with Gasteiger partial charge in [-0.1, -0.05) is 41.4 Å². The Hall–Kier alpha value is -0.580. The smallest absolute Gasteiger partial charge is 0.273 e. The summed E-state index contributed by atoms with van der Waals surface area (Å²) in [5, 5.41) is 0.397. The van der Waals surface area contributed by atoms with E-state index in [0.29, 0.717) is 23.1 Å². The van der Waals surface area contributed by atoms with Gasteiger partial charge in [-0.15, -0.1) is 0 Å². The first-order valence-corrected chi connectivity index (χ1v) is 6.05. The number of halogens is 2. The van der Waals surface area contributed by atoms with Crippen LogP contribution in [0.5, 0.6) is 0 Å². The third-order valence-electron chi connectivity index (χ3n) is 1.75. The van der Waals surface area contributed by atoms with Gasteiger partial charge in [-0.25, -0.2) is 5.48 Å². The Morgan fingerprint density at radius 2 is 2.25 bits per heavy atom. The minimum absolute atomic E-state index is 0.341. The van der Waals surface area contributed by atoms with Gasteiger partial charge >= 0.3 is 0 Å². The van der Waals surface area contributed by atoms with E-state index >= 15 is 0 Å². The van der Waals surface area contributed by atoms with Crippen LogP contribution in [-0.4, -0.2) is 12.5 Å². The molecule has 0 aliphatic carbocycles. The van der Waals surface area contributed by atoms with Gasteiger partial charge in [-0.05, 0) is 24.1 Å². The van der Waals surface area contributed by atoms with Gasteiger partial charge in [-0.2, -0.15) is 0 Å². The van der Waals surface area contributed by atoms with E-state index < -0.39 is 0 Å². The topological polar surface area (TPSA) is 38.3 Å². The fourth-order valence-electron chi connectivity index (χ4n) is 1.00. The Kier molecular flexibility index (Phi) is 5.25. The Labute approximate surface area is 108 Å². The average Bonchev–Trinajstić information content (AvgIpc) is 2.21. The largest absolute Gasteiger partial charge is 0.276 e. The molecular weight excluding hydrogens is 293 g/mol. The molecule has 5 heteroatoms. The molecule has 0 heterocycles. The number of rotatable bonds is 4. The molecule has 0 aliphatic heterocycles. The van der Waals surface area contributed by atoms with E-state index in [0.717, 1.165) is 4.47 Å². The molecule has 16 heavy (non-hydrogen) atoms. The first-order chi connectivity index (χ1) is 7.50. The highest BCUT2D eigenvalue weighted by Gasteiger charge is 2.10. The molecule has 1 N–H and O–H groups in total. The van der Waals surface area contributed by atoms with Crippen LogP contribution in [0.4, 0.5) is 0 Å². The van der Waals surface area contributed by atoms with Gasteiger partial charge in [-0.3, -0.25) is 9.63 Å². The van der Waals surface area contributed by atoms with Crippen LogP contribution >= 0.6 is 27.5 Å². The number of hydrogen-bond acceptors (Lipinski definition) is 2. The SMILES string of the molecule is CC(C)CONC(=O)c1cc(Br)ccc1Cl. The van der Waals surface area contributed by atoms with Crippen molar-refractivity contribution in [3.8, 4) is 0 Å². The van der Waals surface area contributed by atoms with Crippen LogP contribution in [0.15, 0.2) is 22.7 Å². The lowest BCUT2D eigenvalue weighted by Crippen LogP contribution is -2.25. The number of hydrogen-bond donors (Lipinski definition) is 1. The summed E-state index contributed by atoms with van der Waals surface area (Å²) >= 11 is 9.17. The zero-order valence-corrected chi connectivity index (χ0v) is 11.4. The van der Waals surface area contributed by atoms with Crippen LogP contribution in [0.2, 0.25) is 5.02 Å². The maximum atomic E-state index is 11.7. The molecule has 1 aromatic rings. The van der Waals surface area contributed by atoms with Gasteiger partial charge in [0.05, 0.1) is 17.2 Å². The highest BCUT2D eigenvalue weighted by Crippen LogP contribution is 2.20. The zero-order chi connectivity index (χ0) is 12.1. The number of amides is 1. The third kappa shape index (κ3) is 4.12. The van der Waals surface area contributed by atoms with Crippen molar-refractivity contribution in [1.29, 1.82) is 0 Å². The molecule has 0 fully saturated rings. The molecule has 0 aliphatic rings. The van der Waals surface area contributed by atoms with E-state index in [1.165, 1.54) is 0 Å². The van der Waals surface area contributed by atoms with Crippen LogP contribution in [0.3, 0.4) is 0 Å². The molecule has 1 rings (SSSR count). The van der Waals surface area contributed by atoms with Crippen molar-refractivity contribution in [1.82, 2.24) is 5.48 Å². The highest BCUT2D eigenvalue weighted by molar-refractivity contribution is 9.10. The fraction of sp³-hybridized carbons (Fsp3) is 0.364. The Bertz CT molecular complexity index is 382. The Balaban J connectivity index is 2.62. The summed E-state index contributed by atoms with van der Waals surface area (Å²) in [6.07, 6.45) is 0. The predicted octanol–water partition coefficient (Wildman–Crippen LogP) is 3.42. The van der Waals surface area contributed by atoms with Gasteiger partial charge in [0.25, 0.3) is 5.91 Å². The van der Waals surface area contributed by atoms with Crippen molar-refractivity contribution in [2.75, 3.05) is 6.61 Å². The molecule has 0 saturated heterocycles. The molecule has 0 saturated carbocycles.